The van der Waals surface area contributed by atoms with Crippen LogP contribution in [-0.4, -0.2) is 29.7 Å². The van der Waals surface area contributed by atoms with E-state index in [1.807, 2.05) is 24.3 Å². The molecule has 0 aliphatic carbocycles. The van der Waals surface area contributed by atoms with E-state index >= 15 is 0 Å². The van der Waals surface area contributed by atoms with Gasteiger partial charge in [0.2, 0.25) is 11.8 Å². The lowest BCUT2D eigenvalue weighted by Crippen LogP contribution is -2.31. The minimum absolute atomic E-state index is 0.116. The van der Waals surface area contributed by atoms with Crippen LogP contribution in [0.25, 0.3) is 0 Å². The highest BCUT2D eigenvalue weighted by atomic mass is 32.2. The van der Waals surface area contributed by atoms with Gasteiger partial charge in [-0.15, -0.1) is 11.8 Å². The lowest BCUT2D eigenvalue weighted by Gasteiger charge is -2.16. The molecule has 1 saturated heterocycles. The quantitative estimate of drug-likeness (QED) is 0.250. The Kier molecular flexibility index (Phi) is 8.62. The summed E-state index contributed by atoms with van der Waals surface area (Å²) in [5.41, 5.74) is 1.82. The number of urea groups is 1. The van der Waals surface area contributed by atoms with Gasteiger partial charge in [-0.05, 0) is 61.0 Å². The number of para-hydroxylation sites is 1. The minimum Gasteiger partial charge on any atom is -0.494 e. The third-order valence-corrected chi connectivity index (χ3v) is 6.80. The van der Waals surface area contributed by atoms with E-state index in [1.165, 1.54) is 16.7 Å². The smallest absolute Gasteiger partial charge is 0.323 e. The van der Waals surface area contributed by atoms with Crippen LogP contribution in [0.15, 0.2) is 83.8 Å². The van der Waals surface area contributed by atoms with Gasteiger partial charge < -0.3 is 15.4 Å². The molecule has 0 radical (unpaired) electrons. The van der Waals surface area contributed by atoms with E-state index in [4.69, 9.17) is 4.74 Å². The maximum absolute atomic E-state index is 13.1. The number of rotatable bonds is 10. The van der Waals surface area contributed by atoms with Crippen LogP contribution in [0.5, 0.6) is 5.75 Å². The van der Waals surface area contributed by atoms with Gasteiger partial charge in [0.05, 0.1) is 17.5 Å². The average molecular weight is 504 g/mol. The molecular weight excluding hydrogens is 474 g/mol. The fourth-order valence-corrected chi connectivity index (χ4v) is 4.94. The Labute approximate surface area is 215 Å². The van der Waals surface area contributed by atoms with E-state index in [-0.39, 0.29) is 24.3 Å². The predicted octanol–water partition coefficient (Wildman–Crippen LogP) is 6.32. The molecule has 36 heavy (non-hydrogen) atoms. The normalized spacial score (nSPS) is 15.1. The molecule has 186 valence electrons. The second kappa shape index (κ2) is 12.3. The molecule has 0 aromatic heterocycles. The standard InChI is InChI=1S/C28H29N3O4S/c1-2-3-7-17-35-23-15-13-22(14-16-23)31-26(32)19-25(27(31)33)36-24-12-8-11-21(18-24)30-28(34)29-20-9-5-4-6-10-20/h4-6,8-16,18,25H,2-3,7,17,19H2,1H3,(H2,29,30,34). The largest absolute Gasteiger partial charge is 0.494 e. The van der Waals surface area contributed by atoms with Crippen molar-refractivity contribution < 1.29 is 19.1 Å². The molecule has 4 amide bonds. The van der Waals surface area contributed by atoms with Crippen molar-refractivity contribution in [1.29, 1.82) is 0 Å². The molecule has 0 spiro atoms. The fraction of sp³-hybridized carbons (Fsp3) is 0.250. The average Bonchev–Trinajstić information content (AvgIpc) is 3.15. The summed E-state index contributed by atoms with van der Waals surface area (Å²) in [6.07, 6.45) is 3.36. The van der Waals surface area contributed by atoms with E-state index < -0.39 is 5.25 Å². The van der Waals surface area contributed by atoms with Crippen molar-refractivity contribution in [2.24, 2.45) is 0 Å². The molecule has 2 N–H and O–H groups in total. The van der Waals surface area contributed by atoms with E-state index in [1.54, 1.807) is 54.6 Å². The zero-order valence-electron chi connectivity index (χ0n) is 20.1. The second-order valence-electron chi connectivity index (χ2n) is 8.40. The number of carbonyl (C=O) groups is 3. The monoisotopic (exact) mass is 503 g/mol. The predicted molar refractivity (Wildman–Crippen MR) is 144 cm³/mol. The Morgan fingerprint density at radius 2 is 1.67 bits per heavy atom. The summed E-state index contributed by atoms with van der Waals surface area (Å²) >= 11 is 1.32. The Bertz CT molecular complexity index is 1200. The highest BCUT2D eigenvalue weighted by molar-refractivity contribution is 8.00. The Hall–Kier alpha value is -3.78. The number of thioether (sulfide) groups is 1. The molecule has 7 nitrogen and oxygen atoms in total. The van der Waals surface area contributed by atoms with Gasteiger partial charge in [0.15, 0.2) is 0 Å². The topological polar surface area (TPSA) is 87.7 Å². The van der Waals surface area contributed by atoms with Crippen LogP contribution in [0.3, 0.4) is 0 Å². The van der Waals surface area contributed by atoms with Gasteiger partial charge in [-0.1, -0.05) is 44.0 Å². The number of benzene rings is 3. The van der Waals surface area contributed by atoms with Gasteiger partial charge in [-0.25, -0.2) is 9.69 Å². The molecule has 3 aromatic rings. The first-order valence-corrected chi connectivity index (χ1v) is 12.9. The molecule has 1 heterocycles. The van der Waals surface area contributed by atoms with E-state index in [2.05, 4.69) is 17.6 Å². The van der Waals surface area contributed by atoms with Crippen LogP contribution in [0.2, 0.25) is 0 Å². The van der Waals surface area contributed by atoms with Gasteiger partial charge in [-0.3, -0.25) is 9.59 Å². The number of amides is 4. The molecule has 0 bridgehead atoms. The molecule has 3 aromatic carbocycles. The summed E-state index contributed by atoms with van der Waals surface area (Å²) in [6.45, 7) is 2.79. The summed E-state index contributed by atoms with van der Waals surface area (Å²) in [5, 5.41) is 5.04. The van der Waals surface area contributed by atoms with Crippen LogP contribution >= 0.6 is 11.8 Å². The number of anilines is 3. The van der Waals surface area contributed by atoms with E-state index in [9.17, 15) is 14.4 Å². The third kappa shape index (κ3) is 6.66. The van der Waals surface area contributed by atoms with Crippen LogP contribution in [-0.2, 0) is 9.59 Å². The minimum atomic E-state index is -0.532. The zero-order chi connectivity index (χ0) is 25.3. The molecule has 4 rings (SSSR count). The summed E-state index contributed by atoms with van der Waals surface area (Å²) in [5.74, 6) is 0.243. The lowest BCUT2D eigenvalue weighted by atomic mass is 10.2. The number of unbranched alkanes of at least 4 members (excludes halogenated alkanes) is 2. The van der Waals surface area contributed by atoms with Crippen molar-refractivity contribution in [3.05, 3.63) is 78.9 Å². The molecule has 1 fully saturated rings. The van der Waals surface area contributed by atoms with Gasteiger partial charge in [0, 0.05) is 22.7 Å². The number of hydrogen-bond acceptors (Lipinski definition) is 5. The molecule has 1 unspecified atom stereocenters. The summed E-state index contributed by atoms with van der Waals surface area (Å²) < 4.78 is 5.72. The van der Waals surface area contributed by atoms with Crippen LogP contribution in [0, 0.1) is 0 Å². The van der Waals surface area contributed by atoms with Gasteiger partial charge in [0.25, 0.3) is 0 Å². The highest BCUT2D eigenvalue weighted by Crippen LogP contribution is 2.35. The van der Waals surface area contributed by atoms with Gasteiger partial charge in [-0.2, -0.15) is 0 Å². The maximum Gasteiger partial charge on any atom is 0.323 e. The van der Waals surface area contributed by atoms with Crippen molar-refractivity contribution in [2.75, 3.05) is 22.1 Å². The highest BCUT2D eigenvalue weighted by Gasteiger charge is 2.40. The van der Waals surface area contributed by atoms with Crippen molar-refractivity contribution in [2.45, 2.75) is 42.8 Å². The van der Waals surface area contributed by atoms with Crippen LogP contribution < -0.4 is 20.3 Å². The molecule has 1 aliphatic rings. The van der Waals surface area contributed by atoms with Crippen molar-refractivity contribution in [3.63, 3.8) is 0 Å². The van der Waals surface area contributed by atoms with Crippen molar-refractivity contribution in [1.82, 2.24) is 0 Å². The Balaban J connectivity index is 1.35. The number of ether oxygens (including phenoxy) is 1. The first-order chi connectivity index (χ1) is 17.5. The van der Waals surface area contributed by atoms with Crippen LogP contribution in [0.1, 0.15) is 32.6 Å². The Morgan fingerprint density at radius 1 is 0.944 bits per heavy atom. The van der Waals surface area contributed by atoms with E-state index in [0.717, 1.165) is 29.9 Å². The molecule has 1 atom stereocenters. The fourth-order valence-electron chi connectivity index (χ4n) is 3.83. The number of hydrogen-bond donors (Lipinski definition) is 2. The lowest BCUT2D eigenvalue weighted by molar-refractivity contribution is -0.121. The van der Waals surface area contributed by atoms with Crippen molar-refractivity contribution in [3.8, 4) is 5.75 Å². The number of nitrogens with one attached hydrogen (secondary N) is 2. The number of nitrogens with zero attached hydrogens (tertiary/aromatic N) is 1. The first-order valence-electron chi connectivity index (χ1n) is 12.0. The summed E-state index contributed by atoms with van der Waals surface area (Å²) in [4.78, 5) is 40.1. The van der Waals surface area contributed by atoms with E-state index in [0.29, 0.717) is 23.7 Å². The molecule has 1 aliphatic heterocycles. The number of carbonyl (C=O) groups excluding carboxylic acids is 3. The first kappa shape index (κ1) is 25.3. The van der Waals surface area contributed by atoms with Crippen molar-refractivity contribution >= 4 is 46.7 Å². The summed E-state index contributed by atoms with van der Waals surface area (Å²) in [6, 6.07) is 23.1. The number of imide groups is 1. The molecular formula is C28H29N3O4S. The molecule has 0 saturated carbocycles. The maximum atomic E-state index is 13.1. The Morgan fingerprint density at radius 3 is 2.42 bits per heavy atom. The van der Waals surface area contributed by atoms with Gasteiger partial charge >= 0.3 is 6.03 Å². The van der Waals surface area contributed by atoms with Gasteiger partial charge in [0.1, 0.15) is 5.75 Å². The summed E-state index contributed by atoms with van der Waals surface area (Å²) in [7, 11) is 0. The van der Waals surface area contributed by atoms with Crippen LogP contribution in [0.4, 0.5) is 21.9 Å². The molecule has 8 heteroatoms. The second-order valence-corrected chi connectivity index (χ2v) is 9.68. The zero-order valence-corrected chi connectivity index (χ0v) is 20.9. The third-order valence-electron chi connectivity index (χ3n) is 5.62. The SMILES string of the molecule is CCCCCOc1ccc(N2C(=O)CC(Sc3cccc(NC(=O)Nc4ccccc4)c3)C2=O)cc1.